The predicted molar refractivity (Wildman–Crippen MR) is 116 cm³/mol. The summed E-state index contributed by atoms with van der Waals surface area (Å²) >= 11 is 11.9. The number of anilines is 3. The molecule has 0 radical (unpaired) electrons. The second-order valence-corrected chi connectivity index (χ2v) is 7.54. The number of benzene rings is 1. The number of aromatic nitrogens is 2. The van der Waals surface area contributed by atoms with Gasteiger partial charge in [0.05, 0.1) is 23.1 Å². The molecule has 1 amide bonds. The fourth-order valence-corrected chi connectivity index (χ4v) is 3.71. The highest BCUT2D eigenvalue weighted by Crippen LogP contribution is 2.30. The third kappa shape index (κ3) is 5.03. The maximum absolute atomic E-state index is 12.4. The number of hydrazine groups is 1. The number of rotatable bonds is 6. The zero-order valence-corrected chi connectivity index (χ0v) is 17.8. The first kappa shape index (κ1) is 21.9. The van der Waals surface area contributed by atoms with Crippen LogP contribution >= 0.6 is 23.2 Å². The molecule has 1 aromatic carbocycles. The molecule has 2 heterocycles. The molecular formula is C19H22Cl2N6O3. The number of piperidine rings is 1. The first-order valence-corrected chi connectivity index (χ1v) is 10.2. The van der Waals surface area contributed by atoms with Crippen LogP contribution in [0.3, 0.4) is 0 Å². The third-order valence-electron chi connectivity index (χ3n) is 4.67. The maximum atomic E-state index is 12.4. The van der Waals surface area contributed by atoms with Crippen molar-refractivity contribution in [2.24, 2.45) is 5.92 Å². The first-order valence-electron chi connectivity index (χ1n) is 9.44. The molecule has 1 aliphatic heterocycles. The number of halogens is 2. The molecule has 2 aromatic rings. The van der Waals surface area contributed by atoms with E-state index in [1.165, 1.54) is 18.5 Å². The summed E-state index contributed by atoms with van der Waals surface area (Å²) in [5.41, 5.74) is 11.9. The Morgan fingerprint density at radius 3 is 2.87 bits per heavy atom. The van der Waals surface area contributed by atoms with E-state index < -0.39 is 5.91 Å². The van der Waals surface area contributed by atoms with E-state index in [1.54, 1.807) is 13.0 Å². The monoisotopic (exact) mass is 452 g/mol. The molecule has 0 saturated carbocycles. The minimum absolute atomic E-state index is 0.219. The van der Waals surface area contributed by atoms with E-state index in [1.807, 2.05) is 4.90 Å². The summed E-state index contributed by atoms with van der Waals surface area (Å²) in [4.78, 5) is 34.7. The molecular weight excluding hydrogens is 431 g/mol. The lowest BCUT2D eigenvalue weighted by Gasteiger charge is -2.33. The number of carbonyl (C=O) groups excluding carboxylic acids is 2. The number of nitrogens with one attached hydrogen (secondary N) is 2. The highest BCUT2D eigenvalue weighted by molar-refractivity contribution is 6.36. The highest BCUT2D eigenvalue weighted by Gasteiger charge is 2.29. The number of carbonyl (C=O) groups is 2. The zero-order valence-electron chi connectivity index (χ0n) is 16.3. The molecule has 1 aromatic heterocycles. The van der Waals surface area contributed by atoms with Crippen molar-refractivity contribution in [3.8, 4) is 0 Å². The molecule has 0 bridgehead atoms. The Morgan fingerprint density at radius 1 is 1.33 bits per heavy atom. The van der Waals surface area contributed by atoms with Crippen LogP contribution in [0.5, 0.6) is 0 Å². The van der Waals surface area contributed by atoms with E-state index in [9.17, 15) is 9.59 Å². The molecule has 1 unspecified atom stereocenters. The van der Waals surface area contributed by atoms with E-state index in [-0.39, 0.29) is 34.0 Å². The Hall–Kier alpha value is -2.78. The Labute approximate surface area is 183 Å². The van der Waals surface area contributed by atoms with Gasteiger partial charge in [0, 0.05) is 18.1 Å². The quantitative estimate of drug-likeness (QED) is 0.451. The minimum atomic E-state index is -0.475. The molecule has 9 nitrogen and oxygen atoms in total. The van der Waals surface area contributed by atoms with Gasteiger partial charge in [0.1, 0.15) is 12.0 Å². The average Bonchev–Trinajstić information content (AvgIpc) is 2.73. The second-order valence-electron chi connectivity index (χ2n) is 6.70. The SMILES string of the molecule is CCOC(=O)C1CCCN(c2ncnc(NNC(=O)c3ccc(Cl)cc3Cl)c2N)C1. The van der Waals surface area contributed by atoms with Crippen molar-refractivity contribution in [2.75, 3.05) is 35.8 Å². The molecule has 0 spiro atoms. The summed E-state index contributed by atoms with van der Waals surface area (Å²) in [7, 11) is 0. The molecule has 1 aliphatic rings. The lowest BCUT2D eigenvalue weighted by molar-refractivity contribution is -0.148. The largest absolute Gasteiger partial charge is 0.466 e. The van der Waals surface area contributed by atoms with Crippen molar-refractivity contribution < 1.29 is 14.3 Å². The van der Waals surface area contributed by atoms with E-state index in [0.717, 1.165) is 12.8 Å². The van der Waals surface area contributed by atoms with Gasteiger partial charge in [0.2, 0.25) is 0 Å². The standard InChI is InChI=1S/C19H22Cl2N6O3/c1-2-30-19(29)11-4-3-7-27(9-11)17-15(22)16(23-10-24-17)25-26-18(28)13-6-5-12(20)8-14(13)21/h5-6,8,10-11H,2-4,7,9,22H2,1H3,(H,26,28)(H,23,24,25). The lowest BCUT2D eigenvalue weighted by Crippen LogP contribution is -2.40. The summed E-state index contributed by atoms with van der Waals surface area (Å²) in [6.07, 6.45) is 2.90. The molecule has 0 aliphatic carbocycles. The highest BCUT2D eigenvalue weighted by atomic mass is 35.5. The van der Waals surface area contributed by atoms with Gasteiger partial charge in [-0.2, -0.15) is 0 Å². The molecule has 3 rings (SSSR count). The van der Waals surface area contributed by atoms with Gasteiger partial charge in [-0.05, 0) is 38.0 Å². The molecule has 160 valence electrons. The molecule has 1 fully saturated rings. The number of ether oxygens (including phenoxy) is 1. The Morgan fingerprint density at radius 2 is 2.13 bits per heavy atom. The van der Waals surface area contributed by atoms with Gasteiger partial charge in [-0.3, -0.25) is 20.4 Å². The van der Waals surface area contributed by atoms with Crippen LogP contribution in [0, 0.1) is 5.92 Å². The van der Waals surface area contributed by atoms with Crippen LogP contribution < -0.4 is 21.5 Å². The first-order chi connectivity index (χ1) is 14.4. The summed E-state index contributed by atoms with van der Waals surface area (Å²) in [5, 5.41) is 0.647. The van der Waals surface area contributed by atoms with Crippen LogP contribution in [-0.4, -0.2) is 41.5 Å². The molecule has 11 heteroatoms. The van der Waals surface area contributed by atoms with Crippen LogP contribution in [0.2, 0.25) is 10.0 Å². The predicted octanol–water partition coefficient (Wildman–Crippen LogP) is 2.90. The summed E-state index contributed by atoms with van der Waals surface area (Å²) < 4.78 is 5.13. The smallest absolute Gasteiger partial charge is 0.310 e. The van der Waals surface area contributed by atoms with E-state index >= 15 is 0 Å². The van der Waals surface area contributed by atoms with E-state index in [4.69, 9.17) is 33.7 Å². The Bertz CT molecular complexity index is 942. The number of nitrogen functional groups attached to an aromatic ring is 1. The minimum Gasteiger partial charge on any atom is -0.466 e. The van der Waals surface area contributed by atoms with Crippen molar-refractivity contribution >= 4 is 52.4 Å². The van der Waals surface area contributed by atoms with Crippen molar-refractivity contribution in [1.29, 1.82) is 0 Å². The molecule has 30 heavy (non-hydrogen) atoms. The molecule has 4 N–H and O–H groups in total. The summed E-state index contributed by atoms with van der Waals surface area (Å²) in [5.74, 6) is -0.218. The summed E-state index contributed by atoms with van der Waals surface area (Å²) in [6.45, 7) is 3.27. The van der Waals surface area contributed by atoms with Gasteiger partial charge in [0.25, 0.3) is 5.91 Å². The van der Waals surface area contributed by atoms with Gasteiger partial charge in [-0.25, -0.2) is 9.97 Å². The van der Waals surface area contributed by atoms with Crippen molar-refractivity contribution in [3.63, 3.8) is 0 Å². The number of amides is 1. The Balaban J connectivity index is 1.70. The second kappa shape index (κ2) is 9.82. The van der Waals surface area contributed by atoms with Gasteiger partial charge < -0.3 is 15.4 Å². The van der Waals surface area contributed by atoms with Crippen molar-refractivity contribution in [3.05, 3.63) is 40.1 Å². The fourth-order valence-electron chi connectivity index (χ4n) is 3.22. The number of nitrogens with two attached hydrogens (primary N) is 1. The lowest BCUT2D eigenvalue weighted by atomic mass is 9.98. The van der Waals surface area contributed by atoms with Gasteiger partial charge in [0.15, 0.2) is 11.6 Å². The van der Waals surface area contributed by atoms with Crippen LogP contribution in [0.1, 0.15) is 30.1 Å². The van der Waals surface area contributed by atoms with Crippen LogP contribution in [0.15, 0.2) is 24.5 Å². The molecule has 1 atom stereocenters. The van der Waals surface area contributed by atoms with Gasteiger partial charge in [-0.15, -0.1) is 0 Å². The van der Waals surface area contributed by atoms with Crippen LogP contribution in [0.25, 0.3) is 0 Å². The number of nitrogens with zero attached hydrogens (tertiary/aromatic N) is 3. The van der Waals surface area contributed by atoms with Crippen molar-refractivity contribution in [1.82, 2.24) is 15.4 Å². The number of esters is 1. The fraction of sp³-hybridized carbons (Fsp3) is 0.368. The van der Waals surface area contributed by atoms with Crippen LogP contribution in [0.4, 0.5) is 17.3 Å². The van der Waals surface area contributed by atoms with Gasteiger partial charge in [-0.1, -0.05) is 23.2 Å². The zero-order chi connectivity index (χ0) is 21.7. The van der Waals surface area contributed by atoms with Crippen molar-refractivity contribution in [2.45, 2.75) is 19.8 Å². The maximum Gasteiger partial charge on any atom is 0.310 e. The Kier molecular flexibility index (Phi) is 7.17. The normalized spacial score (nSPS) is 16.1. The topological polar surface area (TPSA) is 122 Å². The molecule has 1 saturated heterocycles. The summed E-state index contributed by atoms with van der Waals surface area (Å²) in [6, 6.07) is 4.56. The average molecular weight is 453 g/mol. The number of hydrogen-bond acceptors (Lipinski definition) is 8. The third-order valence-corrected chi connectivity index (χ3v) is 5.22. The van der Waals surface area contributed by atoms with E-state index in [2.05, 4.69) is 20.8 Å². The van der Waals surface area contributed by atoms with E-state index in [0.29, 0.717) is 30.5 Å². The van der Waals surface area contributed by atoms with Gasteiger partial charge >= 0.3 is 5.97 Å². The van der Waals surface area contributed by atoms with Crippen LogP contribution in [-0.2, 0) is 9.53 Å². The number of hydrogen-bond donors (Lipinski definition) is 3.